The van der Waals surface area contributed by atoms with Crippen LogP contribution in [-0.2, 0) is 4.79 Å². The van der Waals surface area contributed by atoms with E-state index in [9.17, 15) is 4.79 Å². The molecule has 1 aromatic carbocycles. The number of hydrogen-bond donors (Lipinski definition) is 2. The molecule has 1 saturated heterocycles. The third-order valence-corrected chi connectivity index (χ3v) is 5.46. The Hall–Kier alpha value is -1.55. The number of rotatable bonds is 4. The van der Waals surface area contributed by atoms with Crippen molar-refractivity contribution in [1.82, 2.24) is 5.32 Å². The Morgan fingerprint density at radius 2 is 1.87 bits per heavy atom. The summed E-state index contributed by atoms with van der Waals surface area (Å²) >= 11 is 0. The molecule has 126 valence electrons. The first-order valence-corrected chi connectivity index (χ1v) is 9.15. The van der Waals surface area contributed by atoms with Gasteiger partial charge in [-0.15, -0.1) is 0 Å². The lowest BCUT2D eigenvalue weighted by Gasteiger charge is -2.34. The second-order valence-corrected chi connectivity index (χ2v) is 7.19. The summed E-state index contributed by atoms with van der Waals surface area (Å²) in [6.45, 7) is 7.06. The zero-order valence-electron chi connectivity index (χ0n) is 14.3. The van der Waals surface area contributed by atoms with Crippen LogP contribution in [0.2, 0.25) is 0 Å². The number of amides is 1. The van der Waals surface area contributed by atoms with E-state index in [0.717, 1.165) is 32.6 Å². The van der Waals surface area contributed by atoms with Crippen molar-refractivity contribution in [2.45, 2.75) is 38.6 Å². The fourth-order valence-corrected chi connectivity index (χ4v) is 3.91. The number of carbonyl (C=O) groups is 1. The molecular formula is C19H30N3O+. The molecule has 1 heterocycles. The van der Waals surface area contributed by atoms with Gasteiger partial charge in [0.25, 0.3) is 5.91 Å². The lowest BCUT2D eigenvalue weighted by molar-refractivity contribution is -0.892. The van der Waals surface area contributed by atoms with Crippen LogP contribution in [0.15, 0.2) is 30.3 Å². The molecule has 2 aliphatic rings. The van der Waals surface area contributed by atoms with Crippen molar-refractivity contribution in [3.8, 4) is 0 Å². The molecule has 2 N–H and O–H groups in total. The Labute approximate surface area is 139 Å². The maximum Gasteiger partial charge on any atom is 0.275 e. The first-order chi connectivity index (χ1) is 11.2. The highest BCUT2D eigenvalue weighted by Crippen LogP contribution is 2.23. The summed E-state index contributed by atoms with van der Waals surface area (Å²) in [7, 11) is 0. The minimum absolute atomic E-state index is 0.243. The van der Waals surface area contributed by atoms with Crippen LogP contribution in [0.1, 0.15) is 32.6 Å². The second kappa shape index (κ2) is 7.82. The Kier molecular flexibility index (Phi) is 5.55. The summed E-state index contributed by atoms with van der Waals surface area (Å²) in [5, 5.41) is 3.29. The number of anilines is 1. The van der Waals surface area contributed by atoms with E-state index in [2.05, 4.69) is 47.5 Å². The van der Waals surface area contributed by atoms with Crippen LogP contribution in [0.4, 0.5) is 5.69 Å². The smallest absolute Gasteiger partial charge is 0.275 e. The molecule has 4 heteroatoms. The molecule has 23 heavy (non-hydrogen) atoms. The van der Waals surface area contributed by atoms with E-state index in [4.69, 9.17) is 0 Å². The molecule has 4 nitrogen and oxygen atoms in total. The molecule has 0 radical (unpaired) electrons. The van der Waals surface area contributed by atoms with Gasteiger partial charge in [0, 0.05) is 11.7 Å². The average molecular weight is 316 g/mol. The number of nitrogens with zero attached hydrogens (tertiary/aromatic N) is 1. The predicted octanol–water partition coefficient (Wildman–Crippen LogP) is 1.09. The van der Waals surface area contributed by atoms with Crippen LogP contribution in [0, 0.1) is 5.92 Å². The maximum absolute atomic E-state index is 12.3. The van der Waals surface area contributed by atoms with E-state index in [-0.39, 0.29) is 5.91 Å². The second-order valence-electron chi connectivity index (χ2n) is 7.19. The van der Waals surface area contributed by atoms with Crippen molar-refractivity contribution in [3.63, 3.8) is 0 Å². The molecule has 1 aromatic rings. The van der Waals surface area contributed by atoms with E-state index >= 15 is 0 Å². The fourth-order valence-electron chi connectivity index (χ4n) is 3.91. The molecule has 1 amide bonds. The SMILES string of the molecule is C[C@H]1CCCC[C@H]1NC(=O)C[NH+]1CCN(c2ccccc2)CC1. The van der Waals surface area contributed by atoms with Crippen molar-refractivity contribution < 1.29 is 9.69 Å². The number of piperazine rings is 1. The van der Waals surface area contributed by atoms with Gasteiger partial charge in [-0.05, 0) is 30.9 Å². The zero-order chi connectivity index (χ0) is 16.1. The highest BCUT2D eigenvalue weighted by molar-refractivity contribution is 5.77. The van der Waals surface area contributed by atoms with Crippen molar-refractivity contribution >= 4 is 11.6 Å². The van der Waals surface area contributed by atoms with Gasteiger partial charge in [0.1, 0.15) is 0 Å². The molecular weight excluding hydrogens is 286 g/mol. The molecule has 2 fully saturated rings. The van der Waals surface area contributed by atoms with Gasteiger partial charge in [-0.2, -0.15) is 0 Å². The summed E-state index contributed by atoms with van der Waals surface area (Å²) in [6, 6.07) is 11.0. The molecule has 0 aromatic heterocycles. The molecule has 1 aliphatic carbocycles. The van der Waals surface area contributed by atoms with E-state index in [1.54, 1.807) is 0 Å². The van der Waals surface area contributed by atoms with Gasteiger partial charge in [0.15, 0.2) is 6.54 Å². The summed E-state index contributed by atoms with van der Waals surface area (Å²) in [5.74, 6) is 0.879. The number of quaternary nitrogens is 1. The number of benzene rings is 1. The maximum atomic E-state index is 12.3. The van der Waals surface area contributed by atoms with E-state index in [0.29, 0.717) is 18.5 Å². The van der Waals surface area contributed by atoms with Gasteiger partial charge < -0.3 is 15.1 Å². The first-order valence-electron chi connectivity index (χ1n) is 9.15. The summed E-state index contributed by atoms with van der Waals surface area (Å²) in [5.41, 5.74) is 1.30. The Bertz CT molecular complexity index is 497. The molecule has 0 unspecified atom stereocenters. The minimum atomic E-state index is 0.243. The average Bonchev–Trinajstić information content (AvgIpc) is 2.58. The zero-order valence-corrected chi connectivity index (χ0v) is 14.3. The largest absolute Gasteiger partial charge is 0.360 e. The third kappa shape index (κ3) is 4.47. The summed E-state index contributed by atoms with van der Waals surface area (Å²) in [4.78, 5) is 16.2. The number of carbonyl (C=O) groups excluding carboxylic acids is 1. The molecule has 1 aliphatic heterocycles. The van der Waals surface area contributed by atoms with Gasteiger partial charge in [-0.3, -0.25) is 4.79 Å². The predicted molar refractivity (Wildman–Crippen MR) is 93.8 cm³/mol. The van der Waals surface area contributed by atoms with Crippen LogP contribution in [0.5, 0.6) is 0 Å². The van der Waals surface area contributed by atoms with Gasteiger partial charge in [-0.25, -0.2) is 0 Å². The molecule has 0 spiro atoms. The fraction of sp³-hybridized carbons (Fsp3) is 0.632. The van der Waals surface area contributed by atoms with Crippen LogP contribution >= 0.6 is 0 Å². The van der Waals surface area contributed by atoms with Crippen molar-refractivity contribution in [2.24, 2.45) is 5.92 Å². The highest BCUT2D eigenvalue weighted by Gasteiger charge is 2.26. The van der Waals surface area contributed by atoms with Crippen molar-refractivity contribution in [2.75, 3.05) is 37.6 Å². The number of para-hydroxylation sites is 1. The van der Waals surface area contributed by atoms with Crippen molar-refractivity contribution in [1.29, 1.82) is 0 Å². The highest BCUT2D eigenvalue weighted by atomic mass is 16.2. The van der Waals surface area contributed by atoms with Crippen LogP contribution in [0.25, 0.3) is 0 Å². The van der Waals surface area contributed by atoms with E-state index in [1.165, 1.54) is 29.8 Å². The standard InChI is InChI=1S/C19H29N3O/c1-16-7-5-6-10-18(16)20-19(23)15-21-11-13-22(14-12-21)17-8-3-2-4-9-17/h2-4,8-9,16,18H,5-7,10-15H2,1H3,(H,20,23)/p+1/t16-,18+/m0/s1. The minimum Gasteiger partial charge on any atom is -0.360 e. The third-order valence-electron chi connectivity index (χ3n) is 5.46. The summed E-state index contributed by atoms with van der Waals surface area (Å²) in [6.07, 6.45) is 5.00. The van der Waals surface area contributed by atoms with Crippen LogP contribution in [-0.4, -0.2) is 44.7 Å². The Morgan fingerprint density at radius 3 is 2.57 bits per heavy atom. The molecule has 0 bridgehead atoms. The number of nitrogens with one attached hydrogen (secondary N) is 2. The lowest BCUT2D eigenvalue weighted by atomic mass is 9.86. The Morgan fingerprint density at radius 1 is 1.17 bits per heavy atom. The Balaban J connectivity index is 1.42. The molecule has 3 rings (SSSR count). The normalized spacial score (nSPS) is 26.0. The topological polar surface area (TPSA) is 36.8 Å². The monoisotopic (exact) mass is 316 g/mol. The number of hydrogen-bond acceptors (Lipinski definition) is 2. The summed E-state index contributed by atoms with van der Waals surface area (Å²) < 4.78 is 0. The quantitative estimate of drug-likeness (QED) is 0.872. The molecule has 1 saturated carbocycles. The van der Waals surface area contributed by atoms with Crippen LogP contribution in [0.3, 0.4) is 0 Å². The lowest BCUT2D eigenvalue weighted by Crippen LogP contribution is -3.16. The molecule has 2 atom stereocenters. The van der Waals surface area contributed by atoms with Gasteiger partial charge in [-0.1, -0.05) is 38.0 Å². The van der Waals surface area contributed by atoms with Crippen LogP contribution < -0.4 is 15.1 Å². The van der Waals surface area contributed by atoms with E-state index in [1.807, 2.05) is 0 Å². The van der Waals surface area contributed by atoms with Crippen molar-refractivity contribution in [3.05, 3.63) is 30.3 Å². The first kappa shape index (κ1) is 16.3. The van der Waals surface area contributed by atoms with Gasteiger partial charge >= 0.3 is 0 Å². The van der Waals surface area contributed by atoms with Gasteiger partial charge in [0.2, 0.25) is 0 Å². The van der Waals surface area contributed by atoms with E-state index < -0.39 is 0 Å². The van der Waals surface area contributed by atoms with Gasteiger partial charge in [0.05, 0.1) is 26.2 Å².